The monoisotopic (exact) mass is 450 g/mol. The molecule has 3 amide bonds. The van der Waals surface area contributed by atoms with Crippen molar-refractivity contribution < 1.29 is 18.7 Å². The number of nitrogens with one attached hydrogen (secondary N) is 3. The number of furan rings is 1. The molecule has 2 aromatic carbocycles. The average Bonchev–Trinajstić information content (AvgIpc) is 3.47. The fourth-order valence-corrected chi connectivity index (χ4v) is 3.94. The van der Waals surface area contributed by atoms with Crippen LogP contribution >= 0.6 is 11.3 Å². The minimum absolute atomic E-state index is 0.232. The normalized spacial score (nSPS) is 10.7. The Morgan fingerprint density at radius 1 is 1.00 bits per heavy atom. The number of methoxy groups -OCH3 is 1. The van der Waals surface area contributed by atoms with Crippen LogP contribution in [0, 0.1) is 0 Å². The number of para-hydroxylation sites is 1. The molecule has 4 aromatic rings. The summed E-state index contributed by atoms with van der Waals surface area (Å²) in [5, 5.41) is 8.98. The van der Waals surface area contributed by atoms with E-state index in [0.717, 1.165) is 15.2 Å². The highest BCUT2D eigenvalue weighted by molar-refractivity contribution is 7.21. The number of ether oxygens (including phenoxy) is 1. The third kappa shape index (κ3) is 5.25. The molecule has 4 rings (SSSR count). The smallest absolute Gasteiger partial charge is 0.315 e. The van der Waals surface area contributed by atoms with Gasteiger partial charge in [0.05, 0.1) is 23.9 Å². The van der Waals surface area contributed by atoms with E-state index in [1.165, 1.54) is 0 Å². The highest BCUT2D eigenvalue weighted by Crippen LogP contribution is 2.31. The standard InChI is InChI=1S/C23H22N4O4S/c1-30-16-6-4-5-15(13-16)21(28)24-11-12-25-23(29)26-14-17-9-10-19(31-17)22-27-18-7-2-3-8-20(18)32-22/h2-10,13H,11-12,14H2,1H3,(H,24,28)(H2,25,26,29). The third-order valence-corrected chi connectivity index (χ3v) is 5.67. The Kier molecular flexibility index (Phi) is 6.66. The maximum Gasteiger partial charge on any atom is 0.315 e. The SMILES string of the molecule is COc1cccc(C(=O)NCCNC(=O)NCc2ccc(-c3nc4ccccc4s3)o2)c1. The molecule has 8 nitrogen and oxygen atoms in total. The quantitative estimate of drug-likeness (QED) is 0.354. The molecule has 0 aliphatic rings. The summed E-state index contributed by atoms with van der Waals surface area (Å²) in [6, 6.07) is 18.1. The maximum absolute atomic E-state index is 12.1. The number of carbonyl (C=O) groups excluding carboxylic acids is 2. The highest BCUT2D eigenvalue weighted by atomic mass is 32.1. The predicted molar refractivity (Wildman–Crippen MR) is 123 cm³/mol. The molecule has 0 aliphatic heterocycles. The predicted octanol–water partition coefficient (Wildman–Crippen LogP) is 3.79. The number of hydrogen-bond donors (Lipinski definition) is 3. The lowest BCUT2D eigenvalue weighted by Crippen LogP contribution is -2.40. The lowest BCUT2D eigenvalue weighted by Gasteiger charge is -2.08. The van der Waals surface area contributed by atoms with Gasteiger partial charge in [0.15, 0.2) is 10.8 Å². The molecule has 0 fully saturated rings. The van der Waals surface area contributed by atoms with E-state index >= 15 is 0 Å². The largest absolute Gasteiger partial charge is 0.497 e. The first-order valence-electron chi connectivity index (χ1n) is 10.0. The van der Waals surface area contributed by atoms with Crippen LogP contribution < -0.4 is 20.7 Å². The zero-order valence-electron chi connectivity index (χ0n) is 17.4. The lowest BCUT2D eigenvalue weighted by atomic mass is 10.2. The number of aromatic nitrogens is 1. The molecule has 0 aliphatic carbocycles. The molecule has 0 saturated carbocycles. The Morgan fingerprint density at radius 2 is 1.84 bits per heavy atom. The van der Waals surface area contributed by atoms with E-state index in [-0.39, 0.29) is 25.0 Å². The summed E-state index contributed by atoms with van der Waals surface area (Å²) in [4.78, 5) is 28.7. The summed E-state index contributed by atoms with van der Waals surface area (Å²) in [5.74, 6) is 1.67. The van der Waals surface area contributed by atoms with Crippen molar-refractivity contribution in [2.24, 2.45) is 0 Å². The molecule has 0 bridgehead atoms. The van der Waals surface area contributed by atoms with Gasteiger partial charge in [0.2, 0.25) is 0 Å². The highest BCUT2D eigenvalue weighted by Gasteiger charge is 2.11. The van der Waals surface area contributed by atoms with Crippen LogP contribution in [0.2, 0.25) is 0 Å². The number of carbonyl (C=O) groups is 2. The van der Waals surface area contributed by atoms with E-state index in [2.05, 4.69) is 20.9 Å². The van der Waals surface area contributed by atoms with Gasteiger partial charge in [-0.05, 0) is 42.5 Å². The molecule has 0 unspecified atom stereocenters. The second-order valence-corrected chi connectivity index (χ2v) is 7.88. The van der Waals surface area contributed by atoms with Gasteiger partial charge in [0.25, 0.3) is 5.91 Å². The Balaban J connectivity index is 1.19. The van der Waals surface area contributed by atoms with Gasteiger partial charge in [-0.25, -0.2) is 9.78 Å². The van der Waals surface area contributed by atoms with E-state index in [9.17, 15) is 9.59 Å². The molecule has 0 spiro atoms. The number of hydrogen-bond acceptors (Lipinski definition) is 6. The van der Waals surface area contributed by atoms with Gasteiger partial charge in [-0.3, -0.25) is 4.79 Å². The van der Waals surface area contributed by atoms with Crippen LogP contribution in [-0.2, 0) is 6.54 Å². The van der Waals surface area contributed by atoms with Gasteiger partial charge in [-0.1, -0.05) is 18.2 Å². The van der Waals surface area contributed by atoms with E-state index in [0.29, 0.717) is 29.4 Å². The Bertz CT molecular complexity index is 1200. The molecule has 2 aromatic heterocycles. The van der Waals surface area contributed by atoms with E-state index < -0.39 is 0 Å². The van der Waals surface area contributed by atoms with Crippen molar-refractivity contribution in [3.63, 3.8) is 0 Å². The zero-order valence-corrected chi connectivity index (χ0v) is 18.2. The van der Waals surface area contributed by atoms with Crippen LogP contribution in [0.15, 0.2) is 65.1 Å². The summed E-state index contributed by atoms with van der Waals surface area (Å²) in [6.45, 7) is 0.829. The van der Waals surface area contributed by atoms with Gasteiger partial charge in [0.1, 0.15) is 11.5 Å². The molecule has 164 valence electrons. The van der Waals surface area contributed by atoms with Crippen LogP contribution in [0.5, 0.6) is 5.75 Å². The molecule has 0 saturated heterocycles. The van der Waals surface area contributed by atoms with Gasteiger partial charge in [-0.2, -0.15) is 0 Å². The fourth-order valence-electron chi connectivity index (χ4n) is 3.01. The minimum Gasteiger partial charge on any atom is -0.497 e. The van der Waals surface area contributed by atoms with E-state index in [4.69, 9.17) is 9.15 Å². The van der Waals surface area contributed by atoms with Crippen LogP contribution in [0.4, 0.5) is 4.79 Å². The van der Waals surface area contributed by atoms with Crippen LogP contribution in [0.1, 0.15) is 16.1 Å². The third-order valence-electron chi connectivity index (χ3n) is 4.62. The summed E-state index contributed by atoms with van der Waals surface area (Å²) < 4.78 is 12.0. The fraction of sp³-hybridized carbons (Fsp3) is 0.174. The number of rotatable bonds is 8. The minimum atomic E-state index is -0.349. The molecular weight excluding hydrogens is 428 g/mol. The zero-order chi connectivity index (χ0) is 22.3. The second kappa shape index (κ2) is 9.97. The van der Waals surface area contributed by atoms with Crippen molar-refractivity contribution in [2.75, 3.05) is 20.2 Å². The van der Waals surface area contributed by atoms with E-state index in [1.54, 1.807) is 42.7 Å². The van der Waals surface area contributed by atoms with Crippen LogP contribution in [0.25, 0.3) is 21.0 Å². The summed E-state index contributed by atoms with van der Waals surface area (Å²) in [6.07, 6.45) is 0. The summed E-state index contributed by atoms with van der Waals surface area (Å²) >= 11 is 1.56. The number of nitrogens with zero attached hydrogens (tertiary/aromatic N) is 1. The first-order valence-corrected chi connectivity index (χ1v) is 10.8. The summed E-state index contributed by atoms with van der Waals surface area (Å²) in [5.41, 5.74) is 1.43. The second-order valence-electron chi connectivity index (χ2n) is 6.85. The van der Waals surface area contributed by atoms with Gasteiger partial charge >= 0.3 is 6.03 Å². The van der Waals surface area contributed by atoms with Gasteiger partial charge < -0.3 is 25.1 Å². The Hall–Kier alpha value is -3.85. The van der Waals surface area contributed by atoms with Crippen molar-refractivity contribution >= 4 is 33.5 Å². The van der Waals surface area contributed by atoms with Crippen molar-refractivity contribution in [3.8, 4) is 16.5 Å². The van der Waals surface area contributed by atoms with Crippen molar-refractivity contribution in [3.05, 3.63) is 72.0 Å². The molecule has 9 heteroatoms. The van der Waals surface area contributed by atoms with Gasteiger partial charge in [-0.15, -0.1) is 11.3 Å². The number of benzene rings is 2. The Labute approximate surface area is 188 Å². The van der Waals surface area contributed by atoms with E-state index in [1.807, 2.05) is 36.4 Å². The van der Waals surface area contributed by atoms with Crippen molar-refractivity contribution in [1.82, 2.24) is 20.9 Å². The first kappa shape index (κ1) is 21.4. The molecule has 2 heterocycles. The maximum atomic E-state index is 12.1. The van der Waals surface area contributed by atoms with Crippen molar-refractivity contribution in [2.45, 2.75) is 6.54 Å². The van der Waals surface area contributed by atoms with Gasteiger partial charge in [0, 0.05) is 18.7 Å². The number of amides is 3. The summed E-state index contributed by atoms with van der Waals surface area (Å²) in [7, 11) is 1.55. The number of urea groups is 1. The molecule has 0 atom stereocenters. The molecule has 3 N–H and O–H groups in total. The lowest BCUT2D eigenvalue weighted by molar-refractivity contribution is 0.0953. The molecule has 0 radical (unpaired) electrons. The molecular formula is C23H22N4O4S. The number of fused-ring (bicyclic) bond motifs is 1. The first-order chi connectivity index (χ1) is 15.6. The van der Waals surface area contributed by atoms with Crippen LogP contribution in [-0.4, -0.2) is 37.1 Å². The number of thiazole rings is 1. The average molecular weight is 451 g/mol. The Morgan fingerprint density at radius 3 is 2.69 bits per heavy atom. The topological polar surface area (TPSA) is 105 Å². The molecule has 32 heavy (non-hydrogen) atoms. The van der Waals surface area contributed by atoms with Crippen molar-refractivity contribution in [1.29, 1.82) is 0 Å². The van der Waals surface area contributed by atoms with Crippen LogP contribution in [0.3, 0.4) is 0 Å².